The van der Waals surface area contributed by atoms with Gasteiger partial charge in [0.05, 0.1) is 24.6 Å². The molecule has 1 saturated heterocycles. The van der Waals surface area contributed by atoms with Crippen molar-refractivity contribution in [3.05, 3.63) is 53.2 Å². The molecule has 4 rings (SSSR count). The first-order valence-corrected chi connectivity index (χ1v) is 12.8. The van der Waals surface area contributed by atoms with E-state index in [0.29, 0.717) is 38.0 Å². The lowest BCUT2D eigenvalue weighted by atomic mass is 10.2. The van der Waals surface area contributed by atoms with Gasteiger partial charge in [0.1, 0.15) is 5.75 Å². The molecule has 0 saturated carbocycles. The van der Waals surface area contributed by atoms with Gasteiger partial charge >= 0.3 is 0 Å². The second kappa shape index (κ2) is 12.1. The van der Waals surface area contributed by atoms with Crippen molar-refractivity contribution in [1.29, 1.82) is 0 Å². The van der Waals surface area contributed by atoms with Gasteiger partial charge in [-0.1, -0.05) is 25.1 Å². The van der Waals surface area contributed by atoms with Crippen molar-refractivity contribution in [2.45, 2.75) is 33.4 Å². The van der Waals surface area contributed by atoms with Gasteiger partial charge in [-0.2, -0.15) is 0 Å². The summed E-state index contributed by atoms with van der Waals surface area (Å²) >= 11 is 1.56. The molecule has 34 heavy (non-hydrogen) atoms. The lowest BCUT2D eigenvalue weighted by Crippen LogP contribution is -2.49. The first-order valence-electron chi connectivity index (χ1n) is 11.9. The fraction of sp³-hybridized carbons (Fsp3) is 0.480. The Morgan fingerprint density at radius 1 is 1.09 bits per heavy atom. The van der Waals surface area contributed by atoms with Gasteiger partial charge in [0.2, 0.25) is 11.8 Å². The molecule has 0 aliphatic carbocycles. The molecular weight excluding hydrogens is 450 g/mol. The van der Waals surface area contributed by atoms with Crippen molar-refractivity contribution in [1.82, 2.24) is 24.9 Å². The zero-order valence-electron chi connectivity index (χ0n) is 20.0. The highest BCUT2D eigenvalue weighted by molar-refractivity contribution is 7.13. The monoisotopic (exact) mass is 483 g/mol. The zero-order valence-corrected chi connectivity index (χ0v) is 20.8. The summed E-state index contributed by atoms with van der Waals surface area (Å²) in [6, 6.07) is 12.2. The summed E-state index contributed by atoms with van der Waals surface area (Å²) in [5.41, 5.74) is 1.28. The molecule has 1 aliphatic heterocycles. The van der Waals surface area contributed by atoms with Crippen LogP contribution in [0.3, 0.4) is 0 Å². The molecular formula is C25H33N5O3S. The van der Waals surface area contributed by atoms with Crippen molar-refractivity contribution in [3.63, 3.8) is 0 Å². The number of aromatic nitrogens is 2. The summed E-state index contributed by atoms with van der Waals surface area (Å²) in [7, 11) is 0. The number of carbonyl (C=O) groups excluding carboxylic acids is 1. The van der Waals surface area contributed by atoms with Gasteiger partial charge in [-0.15, -0.1) is 21.5 Å². The van der Waals surface area contributed by atoms with Crippen LogP contribution in [-0.4, -0.2) is 76.7 Å². The van der Waals surface area contributed by atoms with Crippen molar-refractivity contribution >= 4 is 17.2 Å². The predicted molar refractivity (Wildman–Crippen MR) is 133 cm³/mol. The minimum atomic E-state index is 0.109. The number of ether oxygens (including phenoxy) is 1. The van der Waals surface area contributed by atoms with Crippen molar-refractivity contribution in [2.24, 2.45) is 0 Å². The smallest absolute Gasteiger partial charge is 0.257 e. The van der Waals surface area contributed by atoms with Crippen LogP contribution in [0.1, 0.15) is 31.7 Å². The minimum Gasteiger partial charge on any atom is -0.494 e. The molecule has 2 aromatic heterocycles. The van der Waals surface area contributed by atoms with Gasteiger partial charge in [-0.3, -0.25) is 14.6 Å². The lowest BCUT2D eigenvalue weighted by Gasteiger charge is -2.35. The lowest BCUT2D eigenvalue weighted by molar-refractivity contribution is -0.133. The molecule has 0 bridgehead atoms. The number of hydrogen-bond acceptors (Lipinski definition) is 8. The van der Waals surface area contributed by atoms with E-state index in [-0.39, 0.29) is 5.91 Å². The van der Waals surface area contributed by atoms with E-state index in [1.807, 2.05) is 41.5 Å². The molecule has 1 fully saturated rings. The third-order valence-electron chi connectivity index (χ3n) is 5.84. The Balaban J connectivity index is 1.25. The number of rotatable bonds is 11. The predicted octanol–water partition coefficient (Wildman–Crippen LogP) is 3.75. The van der Waals surface area contributed by atoms with Crippen LogP contribution in [0.4, 0.5) is 0 Å². The summed E-state index contributed by atoms with van der Waals surface area (Å²) < 4.78 is 11.3. The average Bonchev–Trinajstić information content (AvgIpc) is 3.54. The topological polar surface area (TPSA) is 74.9 Å². The van der Waals surface area contributed by atoms with Gasteiger partial charge in [0, 0.05) is 39.3 Å². The Hall–Kier alpha value is -2.75. The van der Waals surface area contributed by atoms with E-state index >= 15 is 0 Å². The van der Waals surface area contributed by atoms with Gasteiger partial charge in [-0.25, -0.2) is 0 Å². The summed E-state index contributed by atoms with van der Waals surface area (Å²) in [4.78, 5) is 20.5. The van der Waals surface area contributed by atoms with Crippen LogP contribution in [0.15, 0.2) is 46.2 Å². The number of piperazine rings is 1. The van der Waals surface area contributed by atoms with Crippen LogP contribution in [-0.2, 0) is 17.9 Å². The number of amides is 1. The molecule has 1 amide bonds. The van der Waals surface area contributed by atoms with E-state index in [1.165, 1.54) is 5.56 Å². The first kappa shape index (κ1) is 24.4. The summed E-state index contributed by atoms with van der Waals surface area (Å²) in [5.74, 6) is 2.01. The van der Waals surface area contributed by atoms with Gasteiger partial charge in [0.15, 0.2) is 0 Å². The molecule has 1 aliphatic rings. The van der Waals surface area contributed by atoms with Crippen LogP contribution >= 0.6 is 11.3 Å². The van der Waals surface area contributed by atoms with E-state index in [4.69, 9.17) is 9.15 Å². The third-order valence-corrected chi connectivity index (χ3v) is 6.69. The fourth-order valence-corrected chi connectivity index (χ4v) is 4.70. The second-order valence-corrected chi connectivity index (χ2v) is 9.37. The maximum Gasteiger partial charge on any atom is 0.257 e. The van der Waals surface area contributed by atoms with Crippen LogP contribution in [0.25, 0.3) is 10.8 Å². The number of thiophene rings is 1. The third kappa shape index (κ3) is 6.65. The van der Waals surface area contributed by atoms with Crippen molar-refractivity contribution < 1.29 is 13.9 Å². The Bertz CT molecular complexity index is 1010. The number of nitrogens with zero attached hydrogens (tertiary/aromatic N) is 5. The second-order valence-electron chi connectivity index (χ2n) is 8.42. The number of benzene rings is 1. The molecule has 0 atom stereocenters. The largest absolute Gasteiger partial charge is 0.494 e. The average molecular weight is 484 g/mol. The molecule has 0 radical (unpaired) electrons. The maximum absolute atomic E-state index is 13.1. The summed E-state index contributed by atoms with van der Waals surface area (Å²) in [6.07, 6.45) is 0.882. The number of carbonyl (C=O) groups is 1. The Kier molecular flexibility index (Phi) is 8.67. The fourth-order valence-electron chi connectivity index (χ4n) is 4.06. The summed E-state index contributed by atoms with van der Waals surface area (Å²) in [6.45, 7) is 10.8. The van der Waals surface area contributed by atoms with Crippen LogP contribution in [0, 0.1) is 0 Å². The van der Waals surface area contributed by atoms with E-state index in [1.54, 1.807) is 11.3 Å². The van der Waals surface area contributed by atoms with E-state index in [9.17, 15) is 4.79 Å². The molecule has 3 aromatic rings. The Labute approximate surface area is 205 Å². The normalized spacial score (nSPS) is 14.9. The SMILES string of the molecule is CCCN(Cc1nnc(-c2cccs2)o1)C(=O)CN1CCN(Cc2ccc(OCC)cc2)CC1. The highest BCUT2D eigenvalue weighted by atomic mass is 32.1. The maximum atomic E-state index is 13.1. The van der Waals surface area contributed by atoms with Crippen molar-refractivity contribution in [2.75, 3.05) is 45.9 Å². The van der Waals surface area contributed by atoms with Crippen LogP contribution in [0.2, 0.25) is 0 Å². The first-order chi connectivity index (χ1) is 16.6. The van der Waals surface area contributed by atoms with Gasteiger partial charge < -0.3 is 14.1 Å². The molecule has 1 aromatic carbocycles. The van der Waals surface area contributed by atoms with E-state index in [2.05, 4.69) is 39.1 Å². The summed E-state index contributed by atoms with van der Waals surface area (Å²) in [5, 5.41) is 10.3. The van der Waals surface area contributed by atoms with Crippen molar-refractivity contribution in [3.8, 4) is 16.5 Å². The van der Waals surface area contributed by atoms with E-state index in [0.717, 1.165) is 49.8 Å². The Morgan fingerprint density at radius 2 is 1.85 bits per heavy atom. The standard InChI is InChI=1S/C25H33N5O3S/c1-3-11-30(18-23-26-27-25(33-23)22-6-5-16-34-22)24(31)19-29-14-12-28(13-15-29)17-20-7-9-21(10-8-20)32-4-2/h5-10,16H,3-4,11-15,17-19H2,1-2H3. The highest BCUT2D eigenvalue weighted by Gasteiger charge is 2.23. The molecule has 9 heteroatoms. The van der Waals surface area contributed by atoms with Crippen LogP contribution in [0.5, 0.6) is 5.75 Å². The zero-order chi connectivity index (χ0) is 23.8. The minimum absolute atomic E-state index is 0.109. The molecule has 0 unspecified atom stereocenters. The molecule has 8 nitrogen and oxygen atoms in total. The van der Waals surface area contributed by atoms with E-state index < -0.39 is 0 Å². The van der Waals surface area contributed by atoms with Crippen LogP contribution < -0.4 is 4.74 Å². The molecule has 182 valence electrons. The Morgan fingerprint density at radius 3 is 2.53 bits per heavy atom. The molecule has 3 heterocycles. The molecule has 0 N–H and O–H groups in total. The number of hydrogen-bond donors (Lipinski definition) is 0. The van der Waals surface area contributed by atoms with Gasteiger partial charge in [0.25, 0.3) is 5.89 Å². The molecule has 0 spiro atoms. The highest BCUT2D eigenvalue weighted by Crippen LogP contribution is 2.23. The van der Waals surface area contributed by atoms with Gasteiger partial charge in [-0.05, 0) is 42.5 Å². The quantitative estimate of drug-likeness (QED) is 0.411.